The highest BCUT2D eigenvalue weighted by atomic mass is 32.1. The molecule has 0 aliphatic rings. The van der Waals surface area contributed by atoms with Crippen LogP contribution < -0.4 is 0 Å². The van der Waals surface area contributed by atoms with E-state index < -0.39 is 0 Å². The monoisotopic (exact) mass is 156 g/mol. The zero-order valence-corrected chi connectivity index (χ0v) is 6.99. The molecule has 1 radical (unpaired) electrons. The van der Waals surface area contributed by atoms with Crippen molar-refractivity contribution in [3.63, 3.8) is 0 Å². The Kier molecular flexibility index (Phi) is 2.27. The van der Waals surface area contributed by atoms with Crippen molar-refractivity contribution in [2.75, 3.05) is 0 Å². The van der Waals surface area contributed by atoms with Gasteiger partial charge in [-0.2, -0.15) is 0 Å². The van der Waals surface area contributed by atoms with Gasteiger partial charge in [-0.05, 0) is 19.0 Å². The summed E-state index contributed by atoms with van der Waals surface area (Å²) in [6, 6.07) is 0. The third kappa shape index (κ3) is 1.29. The van der Waals surface area contributed by atoms with E-state index >= 15 is 0 Å². The van der Waals surface area contributed by atoms with Crippen LogP contribution in [0.4, 0.5) is 0 Å². The van der Waals surface area contributed by atoms with Gasteiger partial charge >= 0.3 is 0 Å². The van der Waals surface area contributed by atoms with Crippen LogP contribution in [0.5, 0.6) is 0 Å². The summed E-state index contributed by atoms with van der Waals surface area (Å²) in [5.74, 6) is 0.752. The van der Waals surface area contributed by atoms with Gasteiger partial charge in [-0.15, -0.1) is 0 Å². The molecular formula is C7H10NOS. The molecule has 0 saturated heterocycles. The van der Waals surface area contributed by atoms with Crippen molar-refractivity contribution in [1.29, 1.82) is 0 Å². The van der Waals surface area contributed by atoms with Crippen molar-refractivity contribution in [3.8, 4) is 0 Å². The van der Waals surface area contributed by atoms with Gasteiger partial charge in [0.15, 0.2) is 5.89 Å². The number of oxazole rings is 1. The highest BCUT2D eigenvalue weighted by Gasteiger charge is 2.06. The predicted octanol–water partition coefficient (Wildman–Crippen LogP) is 2.36. The SMILES string of the molecule is CCc1nc(CC)c([S])o1. The fraction of sp³-hybridized carbons (Fsp3) is 0.571. The molecule has 3 heteroatoms. The highest BCUT2D eigenvalue weighted by Crippen LogP contribution is 2.15. The number of hydrogen-bond donors (Lipinski definition) is 0. The van der Waals surface area contributed by atoms with E-state index in [-0.39, 0.29) is 0 Å². The van der Waals surface area contributed by atoms with Gasteiger partial charge in [-0.25, -0.2) is 4.98 Å². The van der Waals surface area contributed by atoms with Crippen LogP contribution in [0.25, 0.3) is 0 Å². The Morgan fingerprint density at radius 1 is 1.40 bits per heavy atom. The van der Waals surface area contributed by atoms with Crippen molar-refractivity contribution >= 4 is 12.6 Å². The Morgan fingerprint density at radius 2 is 2.10 bits per heavy atom. The molecule has 10 heavy (non-hydrogen) atoms. The molecule has 0 aliphatic carbocycles. The summed E-state index contributed by atoms with van der Waals surface area (Å²) in [5.41, 5.74) is 0.909. The summed E-state index contributed by atoms with van der Waals surface area (Å²) < 4.78 is 5.16. The van der Waals surface area contributed by atoms with E-state index in [1.807, 2.05) is 13.8 Å². The quantitative estimate of drug-likeness (QED) is 0.657. The first-order valence-electron chi connectivity index (χ1n) is 3.43. The minimum Gasteiger partial charge on any atom is -0.430 e. The molecule has 0 saturated carbocycles. The second-order valence-electron chi connectivity index (χ2n) is 2.05. The molecule has 0 unspecified atom stereocenters. The largest absolute Gasteiger partial charge is 0.430 e. The van der Waals surface area contributed by atoms with Gasteiger partial charge in [0, 0.05) is 6.42 Å². The Hall–Kier alpha value is -0.570. The van der Waals surface area contributed by atoms with Gasteiger partial charge in [0.25, 0.3) is 0 Å². The van der Waals surface area contributed by atoms with Crippen LogP contribution >= 0.6 is 12.6 Å². The molecule has 2 nitrogen and oxygen atoms in total. The molecule has 0 fully saturated rings. The molecule has 0 aliphatic heterocycles. The number of aryl methyl sites for hydroxylation is 2. The summed E-state index contributed by atoms with van der Waals surface area (Å²) in [6.07, 6.45) is 1.69. The number of nitrogens with zero attached hydrogens (tertiary/aromatic N) is 1. The van der Waals surface area contributed by atoms with E-state index in [9.17, 15) is 0 Å². The van der Waals surface area contributed by atoms with Crippen molar-refractivity contribution in [3.05, 3.63) is 11.6 Å². The fourth-order valence-electron chi connectivity index (χ4n) is 0.760. The average Bonchev–Trinajstić information content (AvgIpc) is 2.30. The van der Waals surface area contributed by atoms with Gasteiger partial charge in [0.05, 0.1) is 5.69 Å². The third-order valence-electron chi connectivity index (χ3n) is 1.34. The first-order chi connectivity index (χ1) is 4.77. The lowest BCUT2D eigenvalue weighted by molar-refractivity contribution is 0.426. The standard InChI is InChI=1S/C7H10NOS/c1-3-5-7(10)9-6(4-2)8-5/h3-4H2,1-2H3. The molecule has 1 aromatic rings. The van der Waals surface area contributed by atoms with Gasteiger partial charge in [0.1, 0.15) is 0 Å². The molecule has 0 bridgehead atoms. The summed E-state index contributed by atoms with van der Waals surface area (Å²) >= 11 is 4.91. The maximum Gasteiger partial charge on any atom is 0.214 e. The molecule has 55 valence electrons. The summed E-state index contributed by atoms with van der Waals surface area (Å²) in [5, 5.41) is 0.555. The molecule has 0 spiro atoms. The lowest BCUT2D eigenvalue weighted by Crippen LogP contribution is -1.82. The van der Waals surface area contributed by atoms with Crippen LogP contribution in [0.2, 0.25) is 0 Å². The second kappa shape index (κ2) is 3.01. The lowest BCUT2D eigenvalue weighted by Gasteiger charge is -1.81. The van der Waals surface area contributed by atoms with E-state index in [2.05, 4.69) is 4.98 Å². The predicted molar refractivity (Wildman–Crippen MR) is 41.1 cm³/mol. The Balaban J connectivity index is 2.92. The number of rotatable bonds is 2. The Morgan fingerprint density at radius 3 is 2.40 bits per heavy atom. The van der Waals surface area contributed by atoms with E-state index in [0.717, 1.165) is 24.4 Å². The maximum atomic E-state index is 5.16. The fourth-order valence-corrected chi connectivity index (χ4v) is 1.05. The van der Waals surface area contributed by atoms with Crippen LogP contribution in [0, 0.1) is 0 Å². The minimum absolute atomic E-state index is 0.555. The third-order valence-corrected chi connectivity index (χ3v) is 1.66. The topological polar surface area (TPSA) is 26.0 Å². The molecule has 0 atom stereocenters. The van der Waals surface area contributed by atoms with Crippen molar-refractivity contribution in [2.24, 2.45) is 0 Å². The minimum atomic E-state index is 0.555. The first kappa shape index (κ1) is 7.54. The van der Waals surface area contributed by atoms with E-state index in [1.54, 1.807) is 0 Å². The normalized spacial score (nSPS) is 10.2. The number of hydrogen-bond acceptors (Lipinski definition) is 2. The van der Waals surface area contributed by atoms with E-state index in [0.29, 0.717) is 5.09 Å². The summed E-state index contributed by atoms with van der Waals surface area (Å²) in [4.78, 5) is 4.18. The molecule has 0 amide bonds. The molecular weight excluding hydrogens is 146 g/mol. The van der Waals surface area contributed by atoms with Gasteiger partial charge in [-0.3, -0.25) is 0 Å². The molecule has 1 aromatic heterocycles. The van der Waals surface area contributed by atoms with E-state index in [4.69, 9.17) is 17.0 Å². The van der Waals surface area contributed by atoms with Crippen molar-refractivity contribution < 1.29 is 4.42 Å². The molecule has 1 heterocycles. The van der Waals surface area contributed by atoms with Gasteiger partial charge < -0.3 is 4.42 Å². The first-order valence-corrected chi connectivity index (χ1v) is 3.84. The smallest absolute Gasteiger partial charge is 0.214 e. The van der Waals surface area contributed by atoms with Crippen LogP contribution in [-0.2, 0) is 12.8 Å². The number of aromatic nitrogens is 1. The van der Waals surface area contributed by atoms with Crippen molar-refractivity contribution in [1.82, 2.24) is 4.98 Å². The zero-order valence-electron chi connectivity index (χ0n) is 6.18. The lowest BCUT2D eigenvalue weighted by atomic mass is 10.4. The second-order valence-corrected chi connectivity index (χ2v) is 2.42. The van der Waals surface area contributed by atoms with Crippen molar-refractivity contribution in [2.45, 2.75) is 31.8 Å². The average molecular weight is 156 g/mol. The Labute approximate surface area is 66.1 Å². The Bertz CT molecular complexity index is 219. The van der Waals surface area contributed by atoms with Crippen LogP contribution in [-0.4, -0.2) is 4.98 Å². The van der Waals surface area contributed by atoms with Crippen LogP contribution in [0.3, 0.4) is 0 Å². The highest BCUT2D eigenvalue weighted by molar-refractivity contribution is 7.80. The summed E-state index contributed by atoms with van der Waals surface area (Å²) in [7, 11) is 0. The van der Waals surface area contributed by atoms with Crippen LogP contribution in [0.15, 0.2) is 9.51 Å². The maximum absolute atomic E-state index is 5.16. The van der Waals surface area contributed by atoms with Crippen LogP contribution in [0.1, 0.15) is 25.4 Å². The zero-order chi connectivity index (χ0) is 7.56. The van der Waals surface area contributed by atoms with Gasteiger partial charge in [0.2, 0.25) is 5.09 Å². The summed E-state index contributed by atoms with van der Waals surface area (Å²) in [6.45, 7) is 4.02. The van der Waals surface area contributed by atoms with Gasteiger partial charge in [-0.1, -0.05) is 13.8 Å². The molecule has 0 aromatic carbocycles. The van der Waals surface area contributed by atoms with E-state index in [1.165, 1.54) is 0 Å². The molecule has 1 rings (SSSR count). The molecule has 0 N–H and O–H groups in total.